The van der Waals surface area contributed by atoms with Gasteiger partial charge in [0.15, 0.2) is 0 Å². The number of fused-ring (bicyclic) bond motifs is 2. The summed E-state index contributed by atoms with van der Waals surface area (Å²) >= 11 is 0. The van der Waals surface area contributed by atoms with Gasteiger partial charge in [-0.3, -0.25) is 4.79 Å². The van der Waals surface area contributed by atoms with Gasteiger partial charge >= 0.3 is 6.09 Å². The number of carbonyl (C=O) groups excluding carboxylic acids is 2. The van der Waals surface area contributed by atoms with Crippen LogP contribution in [-0.4, -0.2) is 24.5 Å². The summed E-state index contributed by atoms with van der Waals surface area (Å²) in [7, 11) is 0. The van der Waals surface area contributed by atoms with Crippen molar-refractivity contribution in [1.82, 2.24) is 5.32 Å². The van der Waals surface area contributed by atoms with E-state index in [0.29, 0.717) is 11.8 Å². The molecule has 110 valence electrons. The second-order valence-electron chi connectivity index (χ2n) is 6.75. The molecule has 4 heteroatoms. The summed E-state index contributed by atoms with van der Waals surface area (Å²) < 4.78 is 5.39. The third kappa shape index (κ3) is 2.36. The third-order valence-corrected chi connectivity index (χ3v) is 5.35. The van der Waals surface area contributed by atoms with Crippen LogP contribution in [0.4, 0.5) is 4.79 Å². The van der Waals surface area contributed by atoms with Crippen molar-refractivity contribution < 1.29 is 14.3 Å². The molecule has 0 aromatic heterocycles. The number of ether oxygens (including phenoxy) is 1. The molecular formula is C16H23NO3. The Labute approximate surface area is 119 Å². The van der Waals surface area contributed by atoms with E-state index in [-0.39, 0.29) is 30.4 Å². The first-order valence-electron chi connectivity index (χ1n) is 7.64. The monoisotopic (exact) mass is 277 g/mol. The Bertz CT molecular complexity index is 455. The quantitative estimate of drug-likeness (QED) is 0.786. The normalized spacial score (nSPS) is 35.9. The van der Waals surface area contributed by atoms with Crippen LogP contribution in [0, 0.1) is 23.2 Å². The molecular weight excluding hydrogens is 254 g/mol. The predicted octanol–water partition coefficient (Wildman–Crippen LogP) is 2.68. The lowest BCUT2D eigenvalue weighted by Crippen LogP contribution is -2.42. The Morgan fingerprint density at radius 1 is 1.40 bits per heavy atom. The fourth-order valence-electron chi connectivity index (χ4n) is 3.76. The van der Waals surface area contributed by atoms with Crippen molar-refractivity contribution in [3.63, 3.8) is 0 Å². The molecule has 2 bridgehead atoms. The van der Waals surface area contributed by atoms with Gasteiger partial charge in [0.2, 0.25) is 0 Å². The van der Waals surface area contributed by atoms with E-state index in [1.54, 1.807) is 6.92 Å². The number of hydrogen-bond acceptors (Lipinski definition) is 3. The van der Waals surface area contributed by atoms with E-state index in [1.807, 2.05) is 6.92 Å². The molecule has 0 heterocycles. The van der Waals surface area contributed by atoms with Gasteiger partial charge in [0.1, 0.15) is 12.4 Å². The standard InChI is InChI=1S/C16H23NO3/c1-10(13-4-5-13)17-15(19)20-9-16(11(2)18)8-12-3-6-14(16)7-12/h3,6,10,12-14H,4-5,7-9H2,1-2H3,(H,17,19)/t10?,12-,14+,16+/m1/s1. The van der Waals surface area contributed by atoms with Crippen molar-refractivity contribution in [3.05, 3.63) is 12.2 Å². The minimum absolute atomic E-state index is 0.150. The Balaban J connectivity index is 1.56. The zero-order valence-corrected chi connectivity index (χ0v) is 12.2. The van der Waals surface area contributed by atoms with Crippen LogP contribution >= 0.6 is 0 Å². The first-order chi connectivity index (χ1) is 9.51. The summed E-state index contributed by atoms with van der Waals surface area (Å²) in [4.78, 5) is 23.9. The van der Waals surface area contributed by atoms with Gasteiger partial charge < -0.3 is 10.1 Å². The highest BCUT2D eigenvalue weighted by Crippen LogP contribution is 2.52. The van der Waals surface area contributed by atoms with Gasteiger partial charge in [-0.25, -0.2) is 4.79 Å². The van der Waals surface area contributed by atoms with E-state index >= 15 is 0 Å². The van der Waals surface area contributed by atoms with Gasteiger partial charge in [0, 0.05) is 6.04 Å². The molecule has 20 heavy (non-hydrogen) atoms. The molecule has 0 spiro atoms. The predicted molar refractivity (Wildman–Crippen MR) is 75.1 cm³/mol. The molecule has 0 radical (unpaired) electrons. The molecule has 4 nitrogen and oxygen atoms in total. The number of nitrogens with one attached hydrogen (secondary N) is 1. The van der Waals surface area contributed by atoms with Crippen LogP contribution in [0.15, 0.2) is 12.2 Å². The zero-order chi connectivity index (χ0) is 14.3. The molecule has 0 aromatic carbocycles. The van der Waals surface area contributed by atoms with Crippen molar-refractivity contribution in [2.75, 3.05) is 6.61 Å². The number of Topliss-reactive ketones (excluding diaryl/α,β-unsaturated/α-hetero) is 1. The molecule has 0 aromatic rings. The van der Waals surface area contributed by atoms with E-state index in [4.69, 9.17) is 4.74 Å². The van der Waals surface area contributed by atoms with Crippen LogP contribution in [-0.2, 0) is 9.53 Å². The van der Waals surface area contributed by atoms with Crippen LogP contribution in [0.25, 0.3) is 0 Å². The second-order valence-corrected chi connectivity index (χ2v) is 6.75. The number of rotatable bonds is 5. The summed E-state index contributed by atoms with van der Waals surface area (Å²) in [5.41, 5.74) is -0.473. The fraction of sp³-hybridized carbons (Fsp3) is 0.750. The minimum Gasteiger partial charge on any atom is -0.448 e. The van der Waals surface area contributed by atoms with Gasteiger partial charge in [-0.1, -0.05) is 12.2 Å². The van der Waals surface area contributed by atoms with E-state index in [9.17, 15) is 9.59 Å². The molecule has 0 aliphatic heterocycles. The summed E-state index contributed by atoms with van der Waals surface area (Å²) in [6, 6.07) is 0.177. The highest BCUT2D eigenvalue weighted by Gasteiger charge is 2.52. The van der Waals surface area contributed by atoms with Crippen molar-refractivity contribution in [3.8, 4) is 0 Å². The summed E-state index contributed by atoms with van der Waals surface area (Å²) in [6.45, 7) is 3.86. The number of carbonyl (C=O) groups is 2. The van der Waals surface area contributed by atoms with Crippen LogP contribution in [0.1, 0.15) is 39.5 Å². The fourth-order valence-corrected chi connectivity index (χ4v) is 3.76. The molecule has 3 aliphatic rings. The molecule has 3 aliphatic carbocycles. The molecule has 4 atom stereocenters. The minimum atomic E-state index is -0.473. The average Bonchev–Trinajstić information content (AvgIpc) is 3.07. The van der Waals surface area contributed by atoms with Crippen LogP contribution in [0.2, 0.25) is 0 Å². The first-order valence-corrected chi connectivity index (χ1v) is 7.64. The van der Waals surface area contributed by atoms with Crippen molar-refractivity contribution >= 4 is 11.9 Å². The molecule has 2 fully saturated rings. The van der Waals surface area contributed by atoms with Gasteiger partial charge in [0.05, 0.1) is 5.41 Å². The van der Waals surface area contributed by atoms with Crippen molar-refractivity contribution in [2.24, 2.45) is 23.2 Å². The van der Waals surface area contributed by atoms with Crippen LogP contribution in [0.5, 0.6) is 0 Å². The van der Waals surface area contributed by atoms with Crippen LogP contribution in [0.3, 0.4) is 0 Å². The van der Waals surface area contributed by atoms with E-state index < -0.39 is 5.41 Å². The lowest BCUT2D eigenvalue weighted by Gasteiger charge is -2.32. The Morgan fingerprint density at radius 3 is 2.65 bits per heavy atom. The Morgan fingerprint density at radius 2 is 2.15 bits per heavy atom. The smallest absolute Gasteiger partial charge is 0.407 e. The lowest BCUT2D eigenvalue weighted by atomic mass is 9.73. The molecule has 1 N–H and O–H groups in total. The number of amides is 1. The number of hydrogen-bond donors (Lipinski definition) is 1. The summed E-state index contributed by atoms with van der Waals surface area (Å²) in [5, 5.41) is 2.88. The maximum absolute atomic E-state index is 12.1. The molecule has 2 saturated carbocycles. The van der Waals surface area contributed by atoms with Crippen molar-refractivity contribution in [1.29, 1.82) is 0 Å². The van der Waals surface area contributed by atoms with Gasteiger partial charge in [-0.05, 0) is 57.3 Å². The van der Waals surface area contributed by atoms with Gasteiger partial charge in [-0.2, -0.15) is 0 Å². The molecule has 0 saturated heterocycles. The van der Waals surface area contributed by atoms with Gasteiger partial charge in [-0.15, -0.1) is 0 Å². The number of alkyl carbamates (subject to hydrolysis) is 1. The topological polar surface area (TPSA) is 55.4 Å². The first kappa shape index (κ1) is 13.7. The van der Waals surface area contributed by atoms with E-state index in [1.165, 1.54) is 12.8 Å². The highest BCUT2D eigenvalue weighted by molar-refractivity contribution is 5.84. The largest absolute Gasteiger partial charge is 0.448 e. The Kier molecular flexibility index (Phi) is 3.35. The molecule has 1 amide bonds. The zero-order valence-electron chi connectivity index (χ0n) is 12.2. The highest BCUT2D eigenvalue weighted by atomic mass is 16.5. The maximum Gasteiger partial charge on any atom is 0.407 e. The summed E-state index contributed by atoms with van der Waals surface area (Å²) in [5.74, 6) is 1.49. The van der Waals surface area contributed by atoms with Crippen molar-refractivity contribution in [2.45, 2.75) is 45.6 Å². The molecule has 3 rings (SSSR count). The number of ketones is 1. The third-order valence-electron chi connectivity index (χ3n) is 5.35. The number of allylic oxidation sites excluding steroid dienone is 2. The summed E-state index contributed by atoms with van der Waals surface area (Å²) in [6.07, 6.45) is 8.18. The second kappa shape index (κ2) is 4.90. The SMILES string of the molecule is CC(=O)[C@@]1(COC(=O)NC(C)C2CC2)C[C@@H]2C=C[C@H]1C2. The maximum atomic E-state index is 12.1. The molecule has 1 unspecified atom stereocenters. The van der Waals surface area contributed by atoms with Crippen LogP contribution < -0.4 is 5.32 Å². The van der Waals surface area contributed by atoms with Gasteiger partial charge in [0.25, 0.3) is 0 Å². The Hall–Kier alpha value is -1.32. The average molecular weight is 277 g/mol. The van der Waals surface area contributed by atoms with E-state index in [2.05, 4.69) is 17.5 Å². The van der Waals surface area contributed by atoms with E-state index in [0.717, 1.165) is 12.8 Å². The lowest BCUT2D eigenvalue weighted by molar-refractivity contribution is -0.130.